The number of nitriles is 2. The zero-order chi connectivity index (χ0) is 32.3. The topological polar surface area (TPSA) is 128 Å². The van der Waals surface area contributed by atoms with Gasteiger partial charge >= 0.3 is 8.80 Å². The Kier molecular flexibility index (Phi) is 13.3. The molecule has 3 aromatic rings. The summed E-state index contributed by atoms with van der Waals surface area (Å²) in [5.41, 5.74) is 6.96. The lowest BCUT2D eigenvalue weighted by Crippen LogP contribution is -2.46. The second kappa shape index (κ2) is 16.6. The Hall–Kier alpha value is -3.35. The molecule has 0 heterocycles. The number of halogens is 2. The maximum Gasteiger partial charge on any atom is 0.500 e. The van der Waals surface area contributed by atoms with Crippen molar-refractivity contribution in [3.05, 3.63) is 69.2 Å². The number of hydrogen-bond acceptors (Lipinski definition) is 8. The van der Waals surface area contributed by atoms with E-state index in [1.54, 1.807) is 0 Å². The minimum Gasteiger partial charge on any atom is -0.383 e. The van der Waals surface area contributed by atoms with Crippen molar-refractivity contribution in [2.75, 3.05) is 37.1 Å². The number of anilines is 2. The summed E-state index contributed by atoms with van der Waals surface area (Å²) >= 11 is 13.0. The highest BCUT2D eigenvalue weighted by Crippen LogP contribution is 2.41. The zero-order valence-electron chi connectivity index (χ0n) is 25.7. The molecule has 3 aromatic carbocycles. The van der Waals surface area contributed by atoms with Gasteiger partial charge in [0.05, 0.1) is 27.0 Å². The van der Waals surface area contributed by atoms with Crippen LogP contribution in [0.25, 0.3) is 10.8 Å². The van der Waals surface area contributed by atoms with Gasteiger partial charge in [0.2, 0.25) is 5.91 Å². The number of carbonyl (C=O) groups is 1. The summed E-state index contributed by atoms with van der Waals surface area (Å²) in [4.78, 5) is 13.3. The van der Waals surface area contributed by atoms with Crippen LogP contribution in [0.1, 0.15) is 63.6 Å². The molecular weight excluding hydrogens is 617 g/mol. The van der Waals surface area contributed by atoms with Gasteiger partial charge in [-0.05, 0) is 49.4 Å². The van der Waals surface area contributed by atoms with Gasteiger partial charge in [-0.2, -0.15) is 10.5 Å². The van der Waals surface area contributed by atoms with E-state index in [-0.39, 0.29) is 44.4 Å². The van der Waals surface area contributed by atoms with Gasteiger partial charge in [0, 0.05) is 38.3 Å². The largest absolute Gasteiger partial charge is 0.500 e. The van der Waals surface area contributed by atoms with Crippen molar-refractivity contribution in [2.45, 2.75) is 53.0 Å². The average molecular weight is 657 g/mol. The van der Waals surface area contributed by atoms with Gasteiger partial charge in [-0.3, -0.25) is 15.6 Å². The highest BCUT2D eigenvalue weighted by molar-refractivity contribution is 6.60. The molecule has 0 aliphatic rings. The fourth-order valence-corrected chi connectivity index (χ4v) is 8.18. The number of nitrogens with zero attached hydrogens (tertiary/aromatic N) is 2. The molecule has 1 unspecified atom stereocenters. The van der Waals surface area contributed by atoms with Crippen LogP contribution in [0.3, 0.4) is 0 Å². The van der Waals surface area contributed by atoms with Crippen LogP contribution < -0.4 is 16.2 Å². The van der Waals surface area contributed by atoms with E-state index < -0.39 is 14.7 Å². The number of amides is 1. The molecule has 12 heteroatoms. The molecule has 1 amide bonds. The summed E-state index contributed by atoms with van der Waals surface area (Å²) < 4.78 is 17.8. The molecule has 2 atom stereocenters. The van der Waals surface area contributed by atoms with E-state index in [1.807, 2.05) is 83.2 Å². The molecule has 0 aromatic heterocycles. The maximum atomic E-state index is 13.3. The van der Waals surface area contributed by atoms with Crippen LogP contribution in [-0.2, 0) is 18.1 Å². The normalized spacial score (nSPS) is 12.7. The van der Waals surface area contributed by atoms with E-state index in [1.165, 1.54) is 0 Å². The lowest BCUT2D eigenvalue weighted by Gasteiger charge is -2.28. The molecule has 234 valence electrons. The molecule has 0 saturated carbocycles. The van der Waals surface area contributed by atoms with E-state index in [2.05, 4.69) is 22.2 Å². The summed E-state index contributed by atoms with van der Waals surface area (Å²) in [5.74, 6) is -0.852. The van der Waals surface area contributed by atoms with E-state index >= 15 is 0 Å². The van der Waals surface area contributed by atoms with Gasteiger partial charge in [-0.15, -0.1) is 0 Å². The Morgan fingerprint density at radius 2 is 1.50 bits per heavy atom. The van der Waals surface area contributed by atoms with Crippen LogP contribution in [0.4, 0.5) is 11.4 Å². The number of benzene rings is 3. The van der Waals surface area contributed by atoms with Crippen molar-refractivity contribution in [3.8, 4) is 12.1 Å². The number of fused-ring (bicyclic) bond motifs is 1. The first-order chi connectivity index (χ1) is 21.2. The number of nitrogens with one attached hydrogen (secondary N) is 3. The van der Waals surface area contributed by atoms with Crippen molar-refractivity contribution in [1.82, 2.24) is 5.43 Å². The molecular formula is C32H39Cl2N5O4Si. The quantitative estimate of drug-likeness (QED) is 0.0816. The van der Waals surface area contributed by atoms with Gasteiger partial charge in [-0.25, -0.2) is 0 Å². The van der Waals surface area contributed by atoms with Gasteiger partial charge < -0.3 is 18.6 Å². The monoisotopic (exact) mass is 655 g/mol. The molecule has 0 aliphatic heterocycles. The second-order valence-corrected chi connectivity index (χ2v) is 13.6. The van der Waals surface area contributed by atoms with E-state index in [4.69, 9.17) is 36.5 Å². The van der Waals surface area contributed by atoms with Crippen LogP contribution >= 0.6 is 23.2 Å². The molecule has 0 bridgehead atoms. The van der Waals surface area contributed by atoms with Gasteiger partial charge in [0.1, 0.15) is 17.7 Å². The summed E-state index contributed by atoms with van der Waals surface area (Å²) in [6.45, 7) is 11.3. The first-order valence-corrected chi connectivity index (χ1v) is 17.4. The molecule has 0 aliphatic carbocycles. The van der Waals surface area contributed by atoms with Gasteiger partial charge in [-0.1, -0.05) is 79.5 Å². The first-order valence-electron chi connectivity index (χ1n) is 14.7. The van der Waals surface area contributed by atoms with Crippen molar-refractivity contribution in [2.24, 2.45) is 5.92 Å². The third-order valence-corrected chi connectivity index (χ3v) is 11.5. The molecule has 3 N–H and O–H groups in total. The van der Waals surface area contributed by atoms with Crippen LogP contribution in [0.5, 0.6) is 0 Å². The van der Waals surface area contributed by atoms with Crippen molar-refractivity contribution in [1.29, 1.82) is 10.5 Å². The highest BCUT2D eigenvalue weighted by atomic mass is 35.5. The third kappa shape index (κ3) is 8.02. The minimum absolute atomic E-state index is 0.0333. The van der Waals surface area contributed by atoms with Crippen molar-refractivity contribution >= 4 is 60.1 Å². The Morgan fingerprint density at radius 1 is 0.886 bits per heavy atom. The predicted molar refractivity (Wildman–Crippen MR) is 178 cm³/mol. The summed E-state index contributed by atoms with van der Waals surface area (Å²) in [6, 6.07) is 18.8. The van der Waals surface area contributed by atoms with E-state index in [9.17, 15) is 15.3 Å². The smallest absolute Gasteiger partial charge is 0.383 e. The lowest BCUT2D eigenvalue weighted by atomic mass is 9.85. The fraction of sp³-hybridized carbons (Fsp3) is 0.406. The van der Waals surface area contributed by atoms with E-state index in [0.29, 0.717) is 38.8 Å². The molecule has 3 rings (SSSR count). The SMILES string of the molecule is CCO[Si](CCCNc1c(C#N)c(Cl)c(Cl)c(NNC(=O)C(C)[C@@H](C)c2cccc3ccccc23)c1C#N)(OCC)OCC. The molecule has 44 heavy (non-hydrogen) atoms. The Bertz CT molecular complexity index is 1520. The third-order valence-electron chi connectivity index (χ3n) is 7.45. The molecule has 0 saturated heterocycles. The van der Waals surface area contributed by atoms with Crippen LogP contribution in [0.15, 0.2) is 42.5 Å². The average Bonchev–Trinajstić information content (AvgIpc) is 3.03. The summed E-state index contributed by atoms with van der Waals surface area (Å²) in [7, 11) is -2.87. The van der Waals surface area contributed by atoms with Gasteiger partial charge in [0.25, 0.3) is 0 Å². The highest BCUT2D eigenvalue weighted by Gasteiger charge is 2.39. The fourth-order valence-electron chi connectivity index (χ4n) is 5.10. The zero-order valence-corrected chi connectivity index (χ0v) is 28.2. The molecule has 0 fully saturated rings. The predicted octanol–water partition coefficient (Wildman–Crippen LogP) is 7.62. The maximum absolute atomic E-state index is 13.3. The van der Waals surface area contributed by atoms with Crippen LogP contribution in [-0.4, -0.2) is 41.1 Å². The Balaban J connectivity index is 1.80. The summed E-state index contributed by atoms with van der Waals surface area (Å²) in [5, 5.41) is 25.3. The Morgan fingerprint density at radius 3 is 2.11 bits per heavy atom. The Labute approximate surface area is 270 Å². The van der Waals surface area contributed by atoms with Crippen molar-refractivity contribution in [3.63, 3.8) is 0 Å². The number of rotatable bonds is 16. The minimum atomic E-state index is -2.87. The number of hydrazine groups is 1. The standard InChI is InChI=1S/C32H39Cl2N5O4Si/c1-6-41-44(42-7-2,43-8-3)18-12-17-37-30-26(19-35)28(33)29(34)31(27(30)20-36)38-39-32(40)22(5)21(4)24-16-11-14-23-13-9-10-15-25(23)24/h9-11,13-16,21-22,37-38H,6-8,12,17-18H2,1-5H3,(H,39,40)/t21-,22?/m1/s1. The summed E-state index contributed by atoms with van der Waals surface area (Å²) in [6.07, 6.45) is 0.575. The number of hydrogen-bond donors (Lipinski definition) is 3. The van der Waals surface area contributed by atoms with Crippen LogP contribution in [0, 0.1) is 28.6 Å². The van der Waals surface area contributed by atoms with E-state index in [0.717, 1.165) is 16.3 Å². The lowest BCUT2D eigenvalue weighted by molar-refractivity contribution is -0.124. The molecule has 0 radical (unpaired) electrons. The van der Waals surface area contributed by atoms with Crippen LogP contribution in [0.2, 0.25) is 16.1 Å². The molecule has 0 spiro atoms. The van der Waals surface area contributed by atoms with Gasteiger partial charge in [0.15, 0.2) is 0 Å². The number of carbonyl (C=O) groups excluding carboxylic acids is 1. The molecule has 9 nitrogen and oxygen atoms in total. The first kappa shape index (κ1) is 35.1. The second-order valence-electron chi connectivity index (χ2n) is 10.1. The van der Waals surface area contributed by atoms with Crippen molar-refractivity contribution < 1.29 is 18.1 Å².